The Hall–Kier alpha value is -4.76. The number of imidazole rings is 1. The SMILES string of the molecule is COc1ncnc(C2CC2)c1-c1ncc2c(n1)n(Cc1ccc(-n3nc(C(F)(F)F)cc3C)cc1)c(=N)n2CC(F)(F)F. The minimum Gasteiger partial charge on any atom is -0.480 e. The molecule has 1 fully saturated rings. The minimum atomic E-state index is -4.62. The first-order chi connectivity index (χ1) is 20.3. The number of benzene rings is 1. The summed E-state index contributed by atoms with van der Waals surface area (Å²) in [7, 11) is 1.43. The Balaban J connectivity index is 1.43. The largest absolute Gasteiger partial charge is 0.480 e. The topological polar surface area (TPSA) is 112 Å². The van der Waals surface area contributed by atoms with Crippen molar-refractivity contribution in [1.29, 1.82) is 5.41 Å². The van der Waals surface area contributed by atoms with Crippen molar-refractivity contribution in [2.24, 2.45) is 0 Å². The summed E-state index contributed by atoms with van der Waals surface area (Å²) < 4.78 is 88.6. The molecule has 1 N–H and O–H groups in total. The molecule has 224 valence electrons. The molecule has 0 aliphatic heterocycles. The molecule has 0 atom stereocenters. The summed E-state index contributed by atoms with van der Waals surface area (Å²) >= 11 is 0. The average molecular weight is 604 g/mol. The Bertz CT molecular complexity index is 1880. The van der Waals surface area contributed by atoms with Crippen LogP contribution in [0.3, 0.4) is 0 Å². The van der Waals surface area contributed by atoms with Crippen LogP contribution in [-0.2, 0) is 19.3 Å². The number of rotatable bonds is 7. The molecule has 0 unspecified atom stereocenters. The number of fused-ring (bicyclic) bond motifs is 1. The maximum atomic E-state index is 13.5. The second-order valence-electron chi connectivity index (χ2n) is 10.2. The Morgan fingerprint density at radius 2 is 1.72 bits per heavy atom. The van der Waals surface area contributed by atoms with Crippen LogP contribution in [0, 0.1) is 12.3 Å². The van der Waals surface area contributed by atoms with Crippen LogP contribution >= 0.6 is 0 Å². The van der Waals surface area contributed by atoms with Gasteiger partial charge in [0, 0.05) is 11.6 Å². The van der Waals surface area contributed by atoms with Gasteiger partial charge < -0.3 is 4.74 Å². The Morgan fingerprint density at radius 1 is 1.00 bits per heavy atom. The lowest BCUT2D eigenvalue weighted by molar-refractivity contribution is -0.141. The maximum absolute atomic E-state index is 13.5. The lowest BCUT2D eigenvalue weighted by Crippen LogP contribution is -2.30. The highest BCUT2D eigenvalue weighted by atomic mass is 19.4. The summed E-state index contributed by atoms with van der Waals surface area (Å²) in [4.78, 5) is 17.5. The van der Waals surface area contributed by atoms with E-state index in [4.69, 9.17) is 10.1 Å². The number of aryl methyl sites for hydroxylation is 1. The smallest absolute Gasteiger partial charge is 0.435 e. The van der Waals surface area contributed by atoms with E-state index in [2.05, 4.69) is 25.0 Å². The summed E-state index contributed by atoms with van der Waals surface area (Å²) in [6, 6.07) is 7.23. The summed E-state index contributed by atoms with van der Waals surface area (Å²) in [5, 5.41) is 12.3. The highest BCUT2D eigenvalue weighted by Crippen LogP contribution is 2.45. The molecule has 43 heavy (non-hydrogen) atoms. The Morgan fingerprint density at radius 3 is 2.33 bits per heavy atom. The molecule has 0 spiro atoms. The van der Waals surface area contributed by atoms with E-state index in [0.717, 1.165) is 28.2 Å². The predicted molar refractivity (Wildman–Crippen MR) is 139 cm³/mol. The van der Waals surface area contributed by atoms with Crippen LogP contribution in [0.2, 0.25) is 0 Å². The number of nitrogens with zero attached hydrogens (tertiary/aromatic N) is 8. The highest BCUT2D eigenvalue weighted by molar-refractivity contribution is 5.76. The first-order valence-electron chi connectivity index (χ1n) is 13.0. The molecule has 6 rings (SSSR count). The van der Waals surface area contributed by atoms with Gasteiger partial charge in [-0.05, 0) is 43.5 Å². The molecule has 1 saturated carbocycles. The van der Waals surface area contributed by atoms with Gasteiger partial charge in [-0.1, -0.05) is 12.1 Å². The van der Waals surface area contributed by atoms with E-state index in [0.29, 0.717) is 22.5 Å². The standard InChI is InChI=1S/C27H23F6N9O/c1-14-9-19(27(31,32)33)39-42(14)17-7-3-15(4-8-17)11-40-23-18(41(25(40)34)12-26(28,29)30)10-35-22(38-23)20-21(16-5-6-16)36-13-37-24(20)43-2/h3-4,7-10,13,16,34H,5-6,11-12H2,1-2H3. The molecule has 0 radical (unpaired) electrons. The number of alkyl halides is 6. The normalized spacial score (nSPS) is 14.0. The summed E-state index contributed by atoms with van der Waals surface area (Å²) in [6.45, 7) is 0.00941. The van der Waals surface area contributed by atoms with Gasteiger partial charge in [-0.15, -0.1) is 0 Å². The van der Waals surface area contributed by atoms with Gasteiger partial charge in [0.2, 0.25) is 11.5 Å². The zero-order chi connectivity index (χ0) is 30.7. The molecule has 0 amide bonds. The predicted octanol–water partition coefficient (Wildman–Crippen LogP) is 5.18. The third kappa shape index (κ3) is 5.44. The van der Waals surface area contributed by atoms with Crippen molar-refractivity contribution < 1.29 is 31.1 Å². The molecule has 0 bridgehead atoms. The highest BCUT2D eigenvalue weighted by Gasteiger charge is 2.35. The van der Waals surface area contributed by atoms with Crippen LogP contribution in [0.25, 0.3) is 28.2 Å². The van der Waals surface area contributed by atoms with E-state index >= 15 is 0 Å². The molecule has 1 aliphatic carbocycles. The molecule has 16 heteroatoms. The van der Waals surface area contributed by atoms with E-state index in [9.17, 15) is 26.3 Å². The van der Waals surface area contributed by atoms with Crippen LogP contribution in [0.4, 0.5) is 26.3 Å². The lowest BCUT2D eigenvalue weighted by Gasteiger charge is -2.11. The molecular formula is C27H23F6N9O. The third-order valence-corrected chi connectivity index (χ3v) is 7.07. The van der Waals surface area contributed by atoms with Crippen LogP contribution in [0.5, 0.6) is 5.88 Å². The summed E-state index contributed by atoms with van der Waals surface area (Å²) in [5.41, 5.74) is 0.903. The van der Waals surface area contributed by atoms with Gasteiger partial charge in [0.05, 0.1) is 31.2 Å². The summed E-state index contributed by atoms with van der Waals surface area (Å²) in [5.74, 6) is 0.528. The maximum Gasteiger partial charge on any atom is 0.435 e. The van der Waals surface area contributed by atoms with Crippen LogP contribution < -0.4 is 10.4 Å². The fraction of sp³-hybridized carbons (Fsp3) is 0.333. The van der Waals surface area contributed by atoms with Crippen molar-refractivity contribution in [2.45, 2.75) is 51.1 Å². The lowest BCUT2D eigenvalue weighted by atomic mass is 10.1. The van der Waals surface area contributed by atoms with Crippen molar-refractivity contribution >= 4 is 11.2 Å². The van der Waals surface area contributed by atoms with E-state index in [1.807, 2.05) is 0 Å². The molecule has 4 heterocycles. The van der Waals surface area contributed by atoms with Crippen molar-refractivity contribution in [3.63, 3.8) is 0 Å². The van der Waals surface area contributed by atoms with Crippen molar-refractivity contribution in [2.75, 3.05) is 7.11 Å². The monoisotopic (exact) mass is 603 g/mol. The molecule has 1 aromatic carbocycles. The first-order valence-corrected chi connectivity index (χ1v) is 13.0. The Labute approximate surface area is 239 Å². The van der Waals surface area contributed by atoms with E-state index in [1.54, 1.807) is 24.3 Å². The van der Waals surface area contributed by atoms with Gasteiger partial charge in [0.15, 0.2) is 17.2 Å². The number of ether oxygens (including phenoxy) is 1. The van der Waals surface area contributed by atoms with E-state index in [-0.39, 0.29) is 41.0 Å². The second-order valence-corrected chi connectivity index (χ2v) is 10.2. The number of nitrogens with one attached hydrogen (secondary N) is 1. The van der Waals surface area contributed by atoms with E-state index in [1.165, 1.54) is 31.1 Å². The Kier molecular flexibility index (Phi) is 6.73. The van der Waals surface area contributed by atoms with Crippen molar-refractivity contribution in [3.8, 4) is 23.0 Å². The molecular weight excluding hydrogens is 580 g/mol. The molecule has 10 nitrogen and oxygen atoms in total. The molecule has 4 aromatic heterocycles. The van der Waals surface area contributed by atoms with Crippen LogP contribution in [0.1, 0.15) is 41.4 Å². The van der Waals surface area contributed by atoms with Gasteiger partial charge in [0.1, 0.15) is 24.0 Å². The third-order valence-electron chi connectivity index (χ3n) is 7.07. The minimum absolute atomic E-state index is 0.00155. The van der Waals surface area contributed by atoms with Crippen molar-refractivity contribution in [1.82, 2.24) is 38.9 Å². The fourth-order valence-corrected chi connectivity index (χ4v) is 4.94. The van der Waals surface area contributed by atoms with Gasteiger partial charge in [0.25, 0.3) is 0 Å². The molecule has 0 saturated heterocycles. The fourth-order valence-electron chi connectivity index (χ4n) is 4.94. The molecule has 5 aromatic rings. The quantitative estimate of drug-likeness (QED) is 0.257. The number of hydrogen-bond acceptors (Lipinski definition) is 7. The van der Waals surface area contributed by atoms with Crippen LogP contribution in [-0.4, -0.2) is 52.1 Å². The number of methoxy groups -OCH3 is 1. The van der Waals surface area contributed by atoms with Gasteiger partial charge >= 0.3 is 12.4 Å². The number of halogens is 6. The first kappa shape index (κ1) is 28.4. The second kappa shape index (κ2) is 10.2. The summed E-state index contributed by atoms with van der Waals surface area (Å²) in [6.07, 6.45) is -4.80. The van der Waals surface area contributed by atoms with E-state index < -0.39 is 30.2 Å². The van der Waals surface area contributed by atoms with Gasteiger partial charge in [-0.3, -0.25) is 14.5 Å². The molecule has 1 aliphatic rings. The van der Waals surface area contributed by atoms with Crippen molar-refractivity contribution in [3.05, 3.63) is 71.1 Å². The zero-order valence-corrected chi connectivity index (χ0v) is 22.7. The van der Waals surface area contributed by atoms with Gasteiger partial charge in [-0.25, -0.2) is 24.6 Å². The van der Waals surface area contributed by atoms with Crippen LogP contribution in [0.15, 0.2) is 42.9 Å². The van der Waals surface area contributed by atoms with Gasteiger partial charge in [-0.2, -0.15) is 31.4 Å². The zero-order valence-electron chi connectivity index (χ0n) is 22.7. The number of hydrogen-bond donors (Lipinski definition) is 1. The average Bonchev–Trinajstić information content (AvgIpc) is 3.68. The number of aromatic nitrogens is 8.